The van der Waals surface area contributed by atoms with E-state index in [2.05, 4.69) is 15.5 Å². The number of hydrogen-bond acceptors (Lipinski definition) is 4. The molecule has 2 N–H and O–H groups in total. The Hall–Kier alpha value is -0.860. The van der Waals surface area contributed by atoms with Crippen LogP contribution in [-0.4, -0.2) is 75.2 Å². The molecule has 1 aliphatic heterocycles. The summed E-state index contributed by atoms with van der Waals surface area (Å²) in [7, 11) is -1.28. The highest BCUT2D eigenvalue weighted by molar-refractivity contribution is 7.89. The molecule has 1 saturated carbocycles. The van der Waals surface area contributed by atoms with Crippen LogP contribution in [0.5, 0.6) is 0 Å². The molecule has 0 unspecified atom stereocenters. The molecule has 128 valence electrons. The molecule has 0 aromatic carbocycles. The minimum atomic E-state index is -3.27. The van der Waals surface area contributed by atoms with Gasteiger partial charge in [0.05, 0.1) is 5.75 Å². The molecule has 2 aliphatic rings. The van der Waals surface area contributed by atoms with Crippen LogP contribution in [0.3, 0.4) is 0 Å². The van der Waals surface area contributed by atoms with Gasteiger partial charge in [-0.15, -0.1) is 0 Å². The van der Waals surface area contributed by atoms with Crippen LogP contribution in [0.2, 0.25) is 0 Å². The van der Waals surface area contributed by atoms with Crippen LogP contribution in [-0.2, 0) is 10.0 Å². The molecule has 0 atom stereocenters. The summed E-state index contributed by atoms with van der Waals surface area (Å²) in [5, 5.41) is 5.59. The molecule has 0 aromatic rings. The summed E-state index contributed by atoms with van der Waals surface area (Å²) >= 11 is 0. The molecule has 2 rings (SSSR count). The van der Waals surface area contributed by atoms with E-state index in [1.54, 1.807) is 0 Å². The maximum absolute atomic E-state index is 12.2. The predicted molar refractivity (Wildman–Crippen MR) is 86.3 cm³/mol. The lowest BCUT2D eigenvalue weighted by Gasteiger charge is -2.31. The maximum atomic E-state index is 12.2. The topological polar surface area (TPSA) is 81.8 Å². The standard InChI is InChI=1S/C14H28N4O3S/c1-17-8-10-18(11-9-17)22(20,21)12-7-15-14(19)16-13-5-3-2-4-6-13/h13H,2-12H2,1H3,(H2,15,16,19). The fourth-order valence-corrected chi connectivity index (χ4v) is 4.31. The van der Waals surface area contributed by atoms with Gasteiger partial charge in [0.15, 0.2) is 0 Å². The Bertz CT molecular complexity index is 455. The molecule has 7 nitrogen and oxygen atoms in total. The summed E-state index contributed by atoms with van der Waals surface area (Å²) in [5.41, 5.74) is 0. The Labute approximate surface area is 133 Å². The molecule has 0 bridgehead atoms. The van der Waals surface area contributed by atoms with Gasteiger partial charge >= 0.3 is 6.03 Å². The second kappa shape index (κ2) is 8.12. The van der Waals surface area contributed by atoms with E-state index in [1.165, 1.54) is 10.7 Å². The number of piperazine rings is 1. The average molecular weight is 332 g/mol. The van der Waals surface area contributed by atoms with Crippen LogP contribution in [0.15, 0.2) is 0 Å². The third-order valence-corrected chi connectivity index (χ3v) is 6.31. The maximum Gasteiger partial charge on any atom is 0.315 e. The van der Waals surface area contributed by atoms with Gasteiger partial charge < -0.3 is 15.5 Å². The van der Waals surface area contributed by atoms with Gasteiger partial charge in [0.25, 0.3) is 0 Å². The number of rotatable bonds is 5. The van der Waals surface area contributed by atoms with E-state index in [-0.39, 0.29) is 24.4 Å². The van der Waals surface area contributed by atoms with Crippen LogP contribution in [0, 0.1) is 0 Å². The molecule has 8 heteroatoms. The van der Waals surface area contributed by atoms with Gasteiger partial charge in [0, 0.05) is 38.8 Å². The lowest BCUT2D eigenvalue weighted by atomic mass is 9.96. The first-order chi connectivity index (χ1) is 10.5. The largest absolute Gasteiger partial charge is 0.337 e. The fourth-order valence-electron chi connectivity index (χ4n) is 2.97. The molecule has 0 aromatic heterocycles. The van der Waals surface area contributed by atoms with Crippen LogP contribution in [0.4, 0.5) is 4.79 Å². The molecule has 22 heavy (non-hydrogen) atoms. The van der Waals surface area contributed by atoms with Crippen molar-refractivity contribution >= 4 is 16.1 Å². The number of hydrogen-bond donors (Lipinski definition) is 2. The zero-order chi connectivity index (χ0) is 16.0. The molecule has 1 heterocycles. The molecule has 1 aliphatic carbocycles. The number of sulfonamides is 1. The molecule has 2 amide bonds. The normalized spacial score (nSPS) is 22.4. The molecule has 0 spiro atoms. The van der Waals surface area contributed by atoms with Crippen molar-refractivity contribution in [2.24, 2.45) is 0 Å². The van der Waals surface area contributed by atoms with Crippen LogP contribution in [0.25, 0.3) is 0 Å². The number of amides is 2. The summed E-state index contributed by atoms with van der Waals surface area (Å²) in [6, 6.07) is -0.0107. The van der Waals surface area contributed by atoms with Crippen molar-refractivity contribution in [2.45, 2.75) is 38.1 Å². The van der Waals surface area contributed by atoms with Gasteiger partial charge in [0.1, 0.15) is 0 Å². The Balaban J connectivity index is 1.67. The van der Waals surface area contributed by atoms with Crippen LogP contribution in [0.1, 0.15) is 32.1 Å². The summed E-state index contributed by atoms with van der Waals surface area (Å²) in [6.45, 7) is 2.75. The zero-order valence-electron chi connectivity index (χ0n) is 13.4. The minimum absolute atomic E-state index is 0.0329. The number of likely N-dealkylation sites (N-methyl/N-ethyl adjacent to an activating group) is 1. The highest BCUT2D eigenvalue weighted by Crippen LogP contribution is 2.17. The highest BCUT2D eigenvalue weighted by atomic mass is 32.2. The van der Waals surface area contributed by atoms with E-state index in [0.717, 1.165) is 38.8 Å². The van der Waals surface area contributed by atoms with E-state index >= 15 is 0 Å². The van der Waals surface area contributed by atoms with E-state index in [9.17, 15) is 13.2 Å². The summed E-state index contributed by atoms with van der Waals surface area (Å²) < 4.78 is 25.9. The zero-order valence-corrected chi connectivity index (χ0v) is 14.2. The number of nitrogens with one attached hydrogen (secondary N) is 2. The second-order valence-corrected chi connectivity index (χ2v) is 8.34. The molecule has 1 saturated heterocycles. The van der Waals surface area contributed by atoms with E-state index < -0.39 is 10.0 Å². The Morgan fingerprint density at radius 3 is 2.36 bits per heavy atom. The lowest BCUT2D eigenvalue weighted by Crippen LogP contribution is -2.49. The third-order valence-electron chi connectivity index (χ3n) is 4.44. The smallest absolute Gasteiger partial charge is 0.315 e. The number of urea groups is 1. The van der Waals surface area contributed by atoms with Crippen molar-refractivity contribution in [1.82, 2.24) is 19.8 Å². The monoisotopic (exact) mass is 332 g/mol. The van der Waals surface area contributed by atoms with Crippen molar-refractivity contribution in [3.05, 3.63) is 0 Å². The van der Waals surface area contributed by atoms with Crippen molar-refractivity contribution < 1.29 is 13.2 Å². The van der Waals surface area contributed by atoms with Crippen molar-refractivity contribution in [3.8, 4) is 0 Å². The first-order valence-corrected chi connectivity index (χ1v) is 9.79. The first kappa shape index (κ1) is 17.5. The van der Waals surface area contributed by atoms with E-state index in [0.29, 0.717) is 13.1 Å². The molecular weight excluding hydrogens is 304 g/mol. The minimum Gasteiger partial charge on any atom is -0.337 e. The van der Waals surface area contributed by atoms with Gasteiger partial charge in [-0.3, -0.25) is 0 Å². The third kappa shape index (κ3) is 5.40. The highest BCUT2D eigenvalue weighted by Gasteiger charge is 2.25. The molecule has 0 radical (unpaired) electrons. The molecular formula is C14H28N4O3S. The number of carbonyl (C=O) groups is 1. The SMILES string of the molecule is CN1CCN(S(=O)(=O)CCNC(=O)NC2CCCCC2)CC1. The summed E-state index contributed by atoms with van der Waals surface area (Å²) in [4.78, 5) is 13.9. The predicted octanol–water partition coefficient (Wildman–Crippen LogP) is 0.196. The summed E-state index contributed by atoms with van der Waals surface area (Å²) in [6.07, 6.45) is 5.59. The number of carbonyl (C=O) groups excluding carboxylic acids is 1. The average Bonchev–Trinajstić information content (AvgIpc) is 2.48. The van der Waals surface area contributed by atoms with Gasteiger partial charge in [-0.2, -0.15) is 4.31 Å². The van der Waals surface area contributed by atoms with Crippen molar-refractivity contribution in [1.29, 1.82) is 0 Å². The van der Waals surface area contributed by atoms with E-state index in [1.807, 2.05) is 7.05 Å². The lowest BCUT2D eigenvalue weighted by molar-refractivity contribution is 0.222. The van der Waals surface area contributed by atoms with Gasteiger partial charge in [-0.1, -0.05) is 19.3 Å². The Kier molecular flexibility index (Phi) is 6.46. The van der Waals surface area contributed by atoms with E-state index in [4.69, 9.17) is 0 Å². The quantitative estimate of drug-likeness (QED) is 0.753. The number of nitrogens with zero attached hydrogens (tertiary/aromatic N) is 2. The van der Waals surface area contributed by atoms with Crippen LogP contribution >= 0.6 is 0 Å². The van der Waals surface area contributed by atoms with Crippen LogP contribution < -0.4 is 10.6 Å². The first-order valence-electron chi connectivity index (χ1n) is 8.18. The van der Waals surface area contributed by atoms with Crippen molar-refractivity contribution in [3.63, 3.8) is 0 Å². The Morgan fingerprint density at radius 2 is 1.73 bits per heavy atom. The van der Waals surface area contributed by atoms with Gasteiger partial charge in [-0.25, -0.2) is 13.2 Å². The second-order valence-electron chi connectivity index (χ2n) is 6.25. The van der Waals surface area contributed by atoms with Gasteiger partial charge in [-0.05, 0) is 19.9 Å². The summed E-state index contributed by atoms with van der Waals surface area (Å²) in [5.74, 6) is -0.0329. The molecule has 2 fully saturated rings. The van der Waals surface area contributed by atoms with Gasteiger partial charge in [0.2, 0.25) is 10.0 Å². The fraction of sp³-hybridized carbons (Fsp3) is 0.929. The van der Waals surface area contributed by atoms with Crippen molar-refractivity contribution in [2.75, 3.05) is 45.5 Å². The Morgan fingerprint density at radius 1 is 1.09 bits per heavy atom.